The van der Waals surface area contributed by atoms with E-state index in [0.717, 1.165) is 17.8 Å². The van der Waals surface area contributed by atoms with E-state index in [4.69, 9.17) is 0 Å². The van der Waals surface area contributed by atoms with Crippen molar-refractivity contribution >= 4 is 27.3 Å². The molecule has 114 valence electrons. The maximum Gasteiger partial charge on any atom is 0.273 e. The van der Waals surface area contributed by atoms with Crippen LogP contribution in [0.15, 0.2) is 16.3 Å². The number of aryl methyl sites for hydroxylation is 2. The quantitative estimate of drug-likeness (QED) is 0.825. The molecular weight excluding hydrogens is 310 g/mol. The van der Waals surface area contributed by atoms with Gasteiger partial charge in [0.15, 0.2) is 0 Å². The van der Waals surface area contributed by atoms with Crippen LogP contribution in [0.4, 0.5) is 5.95 Å². The number of nitrogens with one attached hydrogen (secondary N) is 2. The summed E-state index contributed by atoms with van der Waals surface area (Å²) in [5.41, 5.74) is 1.31. The number of hydrogen-bond acceptors (Lipinski definition) is 7. The lowest BCUT2D eigenvalue weighted by atomic mass is 10.3. The average Bonchev–Trinajstić information content (AvgIpc) is 2.90. The molecule has 2 aromatic rings. The predicted octanol–water partition coefficient (Wildman–Crippen LogP) is 1.11. The zero-order valence-electron chi connectivity index (χ0n) is 12.0. The fourth-order valence-corrected chi connectivity index (χ4v) is 3.85. The summed E-state index contributed by atoms with van der Waals surface area (Å²) in [6.07, 6.45) is 0.790. The van der Waals surface area contributed by atoms with Crippen molar-refractivity contribution in [2.24, 2.45) is 0 Å². The van der Waals surface area contributed by atoms with Crippen molar-refractivity contribution in [1.82, 2.24) is 20.5 Å². The summed E-state index contributed by atoms with van der Waals surface area (Å²) in [5, 5.41) is 10.6. The van der Waals surface area contributed by atoms with Gasteiger partial charge in [-0.1, -0.05) is 0 Å². The Bertz CT molecular complexity index is 727. The smallest absolute Gasteiger partial charge is 0.273 e. The Morgan fingerprint density at radius 2 is 1.95 bits per heavy atom. The summed E-state index contributed by atoms with van der Waals surface area (Å²) in [5.74, 6) is -0.0109. The van der Waals surface area contributed by atoms with Crippen LogP contribution in [0.25, 0.3) is 0 Å². The summed E-state index contributed by atoms with van der Waals surface area (Å²) in [6, 6.07) is 3.41. The Morgan fingerprint density at radius 1 is 1.19 bits per heavy atom. The van der Waals surface area contributed by atoms with Gasteiger partial charge in [0.25, 0.3) is 16.0 Å². The molecule has 2 heterocycles. The summed E-state index contributed by atoms with van der Waals surface area (Å²) in [7, 11) is -1.81. The molecule has 2 rings (SSSR count). The monoisotopic (exact) mass is 327 g/mol. The third-order valence-electron chi connectivity index (χ3n) is 2.84. The van der Waals surface area contributed by atoms with Crippen molar-refractivity contribution in [3.05, 3.63) is 28.4 Å². The minimum Gasteiger partial charge on any atom is -0.319 e. The Labute approximate surface area is 127 Å². The minimum absolute atomic E-state index is 0.0109. The van der Waals surface area contributed by atoms with Crippen LogP contribution in [-0.2, 0) is 16.4 Å². The standard InChI is InChI=1S/C12H17N5O2S2/c1-8-9(2)15-16-12(14-8)17-21(18,19)11-5-4-10(20-11)6-7-13-3/h4-5,13H,6-7H2,1-3H3,(H,14,16,17). The second-order valence-corrected chi connectivity index (χ2v) is 7.56. The first kappa shape index (κ1) is 15.8. The van der Waals surface area contributed by atoms with Crippen molar-refractivity contribution in [2.75, 3.05) is 18.3 Å². The molecule has 21 heavy (non-hydrogen) atoms. The first-order chi connectivity index (χ1) is 9.92. The number of rotatable bonds is 6. The fraction of sp³-hybridized carbons (Fsp3) is 0.417. The first-order valence-corrected chi connectivity index (χ1v) is 8.66. The number of sulfonamides is 1. The van der Waals surface area contributed by atoms with Crippen LogP contribution in [-0.4, -0.2) is 37.2 Å². The van der Waals surface area contributed by atoms with Gasteiger partial charge in [0, 0.05) is 4.88 Å². The van der Waals surface area contributed by atoms with Gasteiger partial charge in [0.1, 0.15) is 4.21 Å². The fourth-order valence-electron chi connectivity index (χ4n) is 1.56. The van der Waals surface area contributed by atoms with Crippen LogP contribution in [0.1, 0.15) is 16.3 Å². The Hall–Kier alpha value is -1.58. The van der Waals surface area contributed by atoms with Crippen LogP contribution < -0.4 is 10.0 Å². The van der Waals surface area contributed by atoms with Crippen molar-refractivity contribution in [3.63, 3.8) is 0 Å². The van der Waals surface area contributed by atoms with Crippen molar-refractivity contribution in [2.45, 2.75) is 24.5 Å². The normalized spacial score (nSPS) is 11.6. The SMILES string of the molecule is CNCCc1ccc(S(=O)(=O)Nc2nnc(C)c(C)n2)s1. The van der Waals surface area contributed by atoms with Crippen LogP contribution in [0, 0.1) is 13.8 Å². The lowest BCUT2D eigenvalue weighted by Crippen LogP contribution is -2.15. The van der Waals surface area contributed by atoms with Crippen molar-refractivity contribution < 1.29 is 8.42 Å². The summed E-state index contributed by atoms with van der Waals surface area (Å²) < 4.78 is 27.1. The van der Waals surface area contributed by atoms with E-state index < -0.39 is 10.0 Å². The van der Waals surface area contributed by atoms with Crippen LogP contribution >= 0.6 is 11.3 Å². The number of nitrogens with zero attached hydrogens (tertiary/aromatic N) is 3. The van der Waals surface area contributed by atoms with Gasteiger partial charge in [-0.05, 0) is 46.0 Å². The third kappa shape index (κ3) is 3.96. The second kappa shape index (κ2) is 6.46. The van der Waals surface area contributed by atoms with Crippen LogP contribution in [0.3, 0.4) is 0 Å². The van der Waals surface area contributed by atoms with Gasteiger partial charge in [-0.2, -0.15) is 5.10 Å². The van der Waals surface area contributed by atoms with Gasteiger partial charge in [-0.15, -0.1) is 16.4 Å². The lowest BCUT2D eigenvalue weighted by Gasteiger charge is -2.05. The maximum atomic E-state index is 12.3. The van der Waals surface area contributed by atoms with Gasteiger partial charge >= 0.3 is 0 Å². The minimum atomic E-state index is -3.66. The molecule has 0 saturated heterocycles. The molecule has 2 N–H and O–H groups in total. The number of thiophene rings is 1. The highest BCUT2D eigenvalue weighted by atomic mass is 32.2. The highest BCUT2D eigenvalue weighted by Crippen LogP contribution is 2.23. The number of likely N-dealkylation sites (N-methyl/N-ethyl adjacent to an activating group) is 1. The molecule has 0 fully saturated rings. The number of aromatic nitrogens is 3. The molecular formula is C12H17N5O2S2. The molecule has 0 bridgehead atoms. The largest absolute Gasteiger partial charge is 0.319 e. The summed E-state index contributed by atoms with van der Waals surface area (Å²) >= 11 is 1.24. The van der Waals surface area contributed by atoms with E-state index in [0.29, 0.717) is 11.4 Å². The second-order valence-electron chi connectivity index (χ2n) is 4.49. The lowest BCUT2D eigenvalue weighted by molar-refractivity contribution is 0.602. The summed E-state index contributed by atoms with van der Waals surface area (Å²) in [4.78, 5) is 5.07. The highest BCUT2D eigenvalue weighted by molar-refractivity contribution is 7.94. The molecule has 0 unspecified atom stereocenters. The molecule has 0 aromatic carbocycles. The van der Waals surface area contributed by atoms with Gasteiger partial charge in [0.2, 0.25) is 0 Å². The van der Waals surface area contributed by atoms with E-state index >= 15 is 0 Å². The zero-order chi connectivity index (χ0) is 15.5. The van der Waals surface area contributed by atoms with Gasteiger partial charge < -0.3 is 5.32 Å². The molecule has 0 atom stereocenters. The third-order valence-corrected chi connectivity index (χ3v) is 5.81. The van der Waals surface area contributed by atoms with E-state index in [9.17, 15) is 8.42 Å². The van der Waals surface area contributed by atoms with E-state index in [-0.39, 0.29) is 10.2 Å². The Kier molecular flexibility index (Phi) is 4.86. The predicted molar refractivity (Wildman–Crippen MR) is 82.1 cm³/mol. The molecule has 9 heteroatoms. The van der Waals surface area contributed by atoms with Gasteiger partial charge in [0.05, 0.1) is 11.4 Å². The molecule has 0 aliphatic carbocycles. The molecule has 0 amide bonds. The molecule has 0 aliphatic heterocycles. The van der Waals surface area contributed by atoms with Crippen LogP contribution in [0.2, 0.25) is 0 Å². The van der Waals surface area contributed by atoms with Crippen LogP contribution in [0.5, 0.6) is 0 Å². The van der Waals surface area contributed by atoms with E-state index in [1.807, 2.05) is 13.1 Å². The average molecular weight is 327 g/mol. The van der Waals surface area contributed by atoms with E-state index in [1.165, 1.54) is 11.3 Å². The van der Waals surface area contributed by atoms with Gasteiger partial charge in [-0.25, -0.2) is 18.1 Å². The van der Waals surface area contributed by atoms with E-state index in [1.54, 1.807) is 19.9 Å². The molecule has 2 aromatic heterocycles. The van der Waals surface area contributed by atoms with E-state index in [2.05, 4.69) is 25.2 Å². The van der Waals surface area contributed by atoms with Gasteiger partial charge in [-0.3, -0.25) is 0 Å². The Morgan fingerprint density at radius 3 is 2.62 bits per heavy atom. The number of hydrogen-bond donors (Lipinski definition) is 2. The number of anilines is 1. The molecule has 0 saturated carbocycles. The first-order valence-electron chi connectivity index (χ1n) is 6.36. The summed E-state index contributed by atoms with van der Waals surface area (Å²) in [6.45, 7) is 4.32. The zero-order valence-corrected chi connectivity index (χ0v) is 13.7. The topological polar surface area (TPSA) is 96.9 Å². The molecule has 0 aliphatic rings. The molecule has 7 nitrogen and oxygen atoms in total. The molecule has 0 spiro atoms. The highest BCUT2D eigenvalue weighted by Gasteiger charge is 2.18. The molecule has 0 radical (unpaired) electrons. The van der Waals surface area contributed by atoms with Crippen molar-refractivity contribution in [3.8, 4) is 0 Å². The Balaban J connectivity index is 2.17. The maximum absolute atomic E-state index is 12.3. The van der Waals surface area contributed by atoms with Crippen molar-refractivity contribution in [1.29, 1.82) is 0 Å².